The molecule has 3 aliphatic rings. The number of carbonyl (C=O) groups is 1. The molecule has 1 spiro atoms. The molecule has 6 heteroatoms. The van der Waals surface area contributed by atoms with Crippen LogP contribution in [0.4, 0.5) is 0 Å². The van der Waals surface area contributed by atoms with Crippen LogP contribution in [0.3, 0.4) is 0 Å². The lowest BCUT2D eigenvalue weighted by atomic mass is 9.76. The van der Waals surface area contributed by atoms with Crippen molar-refractivity contribution in [3.63, 3.8) is 0 Å². The minimum atomic E-state index is -0.0307. The lowest BCUT2D eigenvalue weighted by Gasteiger charge is -2.38. The Morgan fingerprint density at radius 1 is 1.35 bits per heavy atom. The van der Waals surface area contributed by atoms with Crippen molar-refractivity contribution in [3.8, 4) is 0 Å². The first kappa shape index (κ1) is 15.1. The number of nitrogens with zero attached hydrogens (tertiary/aromatic N) is 2. The van der Waals surface area contributed by atoms with E-state index in [-0.39, 0.29) is 17.4 Å². The number of hydrogen-bond donors (Lipinski definition) is 0. The van der Waals surface area contributed by atoms with E-state index >= 15 is 0 Å². The molecule has 4 rings (SSSR count). The molecule has 1 unspecified atom stereocenters. The van der Waals surface area contributed by atoms with Crippen LogP contribution in [-0.2, 0) is 9.47 Å². The van der Waals surface area contributed by atoms with Crippen LogP contribution in [0.5, 0.6) is 0 Å². The fourth-order valence-electron chi connectivity index (χ4n) is 3.67. The number of ether oxygens (including phenoxy) is 2. The quantitative estimate of drug-likeness (QED) is 0.831. The summed E-state index contributed by atoms with van der Waals surface area (Å²) in [6.45, 7) is 3.96. The Hall–Kier alpha value is -1.40. The van der Waals surface area contributed by atoms with E-state index in [1.165, 1.54) is 25.5 Å². The van der Waals surface area contributed by atoms with Crippen molar-refractivity contribution in [2.24, 2.45) is 11.3 Å². The Morgan fingerprint density at radius 3 is 2.87 bits per heavy atom. The highest BCUT2D eigenvalue weighted by atomic mass is 16.5. The Balaban J connectivity index is 1.25. The standard InChI is InChI=1S/C17H24N2O4/c20-16(15-10-22-12-18-15)19-5-3-17(4-6-19)7-14(23-11-17)9-21-8-13-1-2-13/h10,12-14H,1-9,11H2. The monoisotopic (exact) mass is 320 g/mol. The summed E-state index contributed by atoms with van der Waals surface area (Å²) in [6, 6.07) is 0. The van der Waals surface area contributed by atoms with Gasteiger partial charge in [-0.05, 0) is 43.4 Å². The second-order valence-electron chi connectivity index (χ2n) is 7.28. The summed E-state index contributed by atoms with van der Waals surface area (Å²) in [5, 5.41) is 0. The van der Waals surface area contributed by atoms with Crippen LogP contribution in [0, 0.1) is 11.3 Å². The summed E-state index contributed by atoms with van der Waals surface area (Å²) in [5.74, 6) is 0.771. The van der Waals surface area contributed by atoms with E-state index in [1.54, 1.807) is 0 Å². The molecule has 1 aromatic rings. The van der Waals surface area contributed by atoms with E-state index in [9.17, 15) is 4.79 Å². The highest BCUT2D eigenvalue weighted by Crippen LogP contribution is 2.42. The van der Waals surface area contributed by atoms with Crippen molar-refractivity contribution in [3.05, 3.63) is 18.4 Å². The zero-order valence-electron chi connectivity index (χ0n) is 13.4. The Labute approximate surface area is 136 Å². The molecular formula is C17H24N2O4. The molecule has 1 amide bonds. The normalized spacial score (nSPS) is 26.8. The fraction of sp³-hybridized carbons (Fsp3) is 0.765. The molecule has 0 aromatic carbocycles. The van der Waals surface area contributed by atoms with E-state index in [0.717, 1.165) is 58.1 Å². The number of carbonyl (C=O) groups excluding carboxylic acids is 1. The second-order valence-corrected chi connectivity index (χ2v) is 7.28. The van der Waals surface area contributed by atoms with Gasteiger partial charge in [0.15, 0.2) is 12.1 Å². The Bertz CT molecular complexity index is 533. The molecule has 3 heterocycles. The Morgan fingerprint density at radius 2 is 2.17 bits per heavy atom. The number of likely N-dealkylation sites (tertiary alicyclic amines) is 1. The van der Waals surface area contributed by atoms with Crippen molar-refractivity contribution in [1.29, 1.82) is 0 Å². The molecule has 2 aliphatic heterocycles. The van der Waals surface area contributed by atoms with Gasteiger partial charge in [0, 0.05) is 19.7 Å². The molecule has 1 atom stereocenters. The number of rotatable bonds is 5. The highest BCUT2D eigenvalue weighted by molar-refractivity contribution is 5.91. The fourth-order valence-corrected chi connectivity index (χ4v) is 3.67. The molecule has 2 saturated heterocycles. The number of hydrogen-bond acceptors (Lipinski definition) is 5. The number of aromatic nitrogens is 1. The molecule has 1 aliphatic carbocycles. The lowest BCUT2D eigenvalue weighted by molar-refractivity contribution is 0.00937. The SMILES string of the molecule is O=C(c1cocn1)N1CCC2(CC1)COC(COCC1CC1)C2. The molecule has 3 fully saturated rings. The summed E-state index contributed by atoms with van der Waals surface area (Å²) >= 11 is 0. The van der Waals surface area contributed by atoms with Crippen molar-refractivity contribution in [2.45, 2.75) is 38.2 Å². The zero-order chi connectivity index (χ0) is 15.7. The van der Waals surface area contributed by atoms with E-state index in [2.05, 4.69) is 4.98 Å². The number of amides is 1. The summed E-state index contributed by atoms with van der Waals surface area (Å²) in [4.78, 5) is 18.1. The molecule has 0 bridgehead atoms. The van der Waals surface area contributed by atoms with Gasteiger partial charge in [0.1, 0.15) is 6.26 Å². The Kier molecular flexibility index (Phi) is 4.11. The van der Waals surface area contributed by atoms with Gasteiger partial charge in [0.2, 0.25) is 0 Å². The van der Waals surface area contributed by atoms with Crippen LogP contribution in [0.2, 0.25) is 0 Å². The van der Waals surface area contributed by atoms with E-state index in [4.69, 9.17) is 13.9 Å². The van der Waals surface area contributed by atoms with Crippen LogP contribution in [0.1, 0.15) is 42.6 Å². The summed E-state index contributed by atoms with van der Waals surface area (Å²) in [5.41, 5.74) is 0.628. The molecular weight excluding hydrogens is 296 g/mol. The summed E-state index contributed by atoms with van der Waals surface area (Å²) in [7, 11) is 0. The molecule has 1 aromatic heterocycles. The predicted octanol–water partition coefficient (Wildman–Crippen LogP) is 2.11. The van der Waals surface area contributed by atoms with Crippen molar-refractivity contribution < 1.29 is 18.7 Å². The smallest absolute Gasteiger partial charge is 0.275 e. The maximum absolute atomic E-state index is 12.3. The topological polar surface area (TPSA) is 64.8 Å². The zero-order valence-corrected chi connectivity index (χ0v) is 13.4. The average Bonchev–Trinajstić information content (AvgIpc) is 3.08. The molecule has 0 N–H and O–H groups in total. The molecule has 126 valence electrons. The largest absolute Gasteiger partial charge is 0.451 e. The maximum atomic E-state index is 12.3. The number of piperidine rings is 1. The van der Waals surface area contributed by atoms with Gasteiger partial charge >= 0.3 is 0 Å². The molecule has 23 heavy (non-hydrogen) atoms. The van der Waals surface area contributed by atoms with Gasteiger partial charge in [-0.2, -0.15) is 0 Å². The van der Waals surface area contributed by atoms with E-state index < -0.39 is 0 Å². The van der Waals surface area contributed by atoms with Crippen LogP contribution < -0.4 is 0 Å². The van der Waals surface area contributed by atoms with Crippen molar-refractivity contribution in [1.82, 2.24) is 9.88 Å². The molecule has 0 radical (unpaired) electrons. The van der Waals surface area contributed by atoms with Crippen molar-refractivity contribution in [2.75, 3.05) is 32.9 Å². The maximum Gasteiger partial charge on any atom is 0.275 e. The lowest BCUT2D eigenvalue weighted by Crippen LogP contribution is -2.43. The van der Waals surface area contributed by atoms with Gasteiger partial charge < -0.3 is 18.8 Å². The second kappa shape index (κ2) is 6.24. The first-order valence-corrected chi connectivity index (χ1v) is 8.61. The van der Waals surface area contributed by atoms with Gasteiger partial charge in [-0.1, -0.05) is 0 Å². The van der Waals surface area contributed by atoms with E-state index in [0.29, 0.717) is 5.69 Å². The van der Waals surface area contributed by atoms with Gasteiger partial charge in [-0.25, -0.2) is 4.98 Å². The summed E-state index contributed by atoms with van der Waals surface area (Å²) < 4.78 is 16.6. The molecule has 6 nitrogen and oxygen atoms in total. The molecule has 1 saturated carbocycles. The number of oxazole rings is 1. The average molecular weight is 320 g/mol. The first-order valence-electron chi connectivity index (χ1n) is 8.61. The van der Waals surface area contributed by atoms with Crippen LogP contribution in [0.15, 0.2) is 17.1 Å². The van der Waals surface area contributed by atoms with Crippen LogP contribution >= 0.6 is 0 Å². The van der Waals surface area contributed by atoms with Crippen LogP contribution in [-0.4, -0.2) is 54.8 Å². The van der Waals surface area contributed by atoms with Gasteiger partial charge in [-0.15, -0.1) is 0 Å². The predicted molar refractivity (Wildman–Crippen MR) is 82.0 cm³/mol. The van der Waals surface area contributed by atoms with E-state index in [1.807, 2.05) is 4.90 Å². The van der Waals surface area contributed by atoms with Gasteiger partial charge in [-0.3, -0.25) is 4.79 Å². The minimum absolute atomic E-state index is 0.0307. The van der Waals surface area contributed by atoms with Crippen LogP contribution in [0.25, 0.3) is 0 Å². The third-order valence-electron chi connectivity index (χ3n) is 5.40. The minimum Gasteiger partial charge on any atom is -0.451 e. The van der Waals surface area contributed by atoms with Gasteiger partial charge in [0.05, 0.1) is 19.3 Å². The third kappa shape index (κ3) is 3.43. The summed E-state index contributed by atoms with van der Waals surface area (Å²) in [6.07, 6.45) is 8.64. The first-order chi connectivity index (χ1) is 11.2. The third-order valence-corrected chi connectivity index (χ3v) is 5.40. The van der Waals surface area contributed by atoms with Gasteiger partial charge in [0.25, 0.3) is 5.91 Å². The van der Waals surface area contributed by atoms with Crippen molar-refractivity contribution >= 4 is 5.91 Å². The highest BCUT2D eigenvalue weighted by Gasteiger charge is 2.43.